The number of carbonyl (C=O) groups is 1. The van der Waals surface area contributed by atoms with E-state index in [9.17, 15) is 14.9 Å². The Morgan fingerprint density at radius 2 is 2.12 bits per heavy atom. The number of nitrogens with two attached hydrogens (primary N) is 2. The first kappa shape index (κ1) is 17.9. The van der Waals surface area contributed by atoms with Crippen LogP contribution in [0.25, 0.3) is 0 Å². The molecule has 1 aromatic heterocycles. The largest absolute Gasteiger partial charge is 0.398 e. The van der Waals surface area contributed by atoms with Crippen LogP contribution in [0.5, 0.6) is 0 Å². The number of hydrogen-bond acceptors (Lipinski definition) is 7. The van der Waals surface area contributed by atoms with Gasteiger partial charge < -0.3 is 26.4 Å². The molecule has 0 aliphatic carbocycles. The molecule has 0 aliphatic heterocycles. The van der Waals surface area contributed by atoms with Gasteiger partial charge in [0.1, 0.15) is 0 Å². The predicted octanol–water partition coefficient (Wildman–Crippen LogP) is 1.42. The summed E-state index contributed by atoms with van der Waals surface area (Å²) in [4.78, 5) is 27.1. The number of benzene rings is 1. The highest BCUT2D eigenvalue weighted by Gasteiger charge is 2.26. The van der Waals surface area contributed by atoms with Gasteiger partial charge in [-0.15, -0.1) is 0 Å². The molecule has 0 amide bonds. The quantitative estimate of drug-likeness (QED) is 0.207. The van der Waals surface area contributed by atoms with E-state index >= 15 is 0 Å². The molecule has 0 fully saturated rings. The van der Waals surface area contributed by atoms with Gasteiger partial charge in [0.05, 0.1) is 16.9 Å². The summed E-state index contributed by atoms with van der Waals surface area (Å²) in [6.07, 6.45) is 0. The second-order valence-corrected chi connectivity index (χ2v) is 5.43. The Hall–Kier alpha value is -3.43. The Balaban J connectivity index is 2.16. The predicted molar refractivity (Wildman–Crippen MR) is 90.7 cm³/mol. The van der Waals surface area contributed by atoms with Gasteiger partial charge in [-0.25, -0.2) is 4.79 Å². The van der Waals surface area contributed by atoms with Gasteiger partial charge in [-0.3, -0.25) is 0 Å². The van der Waals surface area contributed by atoms with Gasteiger partial charge in [-0.2, -0.15) is 4.68 Å². The number of nitrogen functional groups attached to an aromatic ring is 1. The molecule has 0 radical (unpaired) electrons. The van der Waals surface area contributed by atoms with E-state index < -0.39 is 16.9 Å². The minimum atomic E-state index is -0.910. The fraction of sp³-hybridized carbons (Fsp3) is 0.267. The zero-order valence-corrected chi connectivity index (χ0v) is 14.0. The van der Waals surface area contributed by atoms with E-state index in [0.29, 0.717) is 22.5 Å². The van der Waals surface area contributed by atoms with Crippen molar-refractivity contribution in [1.29, 1.82) is 0 Å². The Morgan fingerprint density at radius 3 is 2.72 bits per heavy atom. The highest BCUT2D eigenvalue weighted by molar-refractivity contribution is 5.99. The minimum Gasteiger partial charge on any atom is -0.398 e. The molecule has 0 aliphatic rings. The lowest BCUT2D eigenvalue weighted by molar-refractivity contribution is -0.389. The second kappa shape index (κ2) is 6.99. The van der Waals surface area contributed by atoms with Crippen LogP contribution < -0.4 is 11.5 Å². The highest BCUT2D eigenvalue weighted by atomic mass is 16.7. The number of anilines is 1. The van der Waals surface area contributed by atoms with Gasteiger partial charge in [-0.1, -0.05) is 17.3 Å². The number of nitro groups is 1. The number of aryl methyl sites for hydroxylation is 1. The van der Waals surface area contributed by atoms with Crippen molar-refractivity contribution in [3.8, 4) is 0 Å². The molecule has 10 heteroatoms. The molecule has 0 bridgehead atoms. The molecule has 0 spiro atoms. The van der Waals surface area contributed by atoms with Crippen molar-refractivity contribution in [1.82, 2.24) is 9.78 Å². The van der Waals surface area contributed by atoms with E-state index in [1.165, 1.54) is 17.7 Å². The fourth-order valence-electron chi connectivity index (χ4n) is 2.20. The summed E-state index contributed by atoms with van der Waals surface area (Å²) < 4.78 is 1.19. The molecule has 10 nitrogen and oxygen atoms in total. The summed E-state index contributed by atoms with van der Waals surface area (Å²) in [5.74, 6) is -1.12. The van der Waals surface area contributed by atoms with E-state index in [4.69, 9.17) is 16.3 Å². The summed E-state index contributed by atoms with van der Waals surface area (Å²) >= 11 is 0. The van der Waals surface area contributed by atoms with Crippen molar-refractivity contribution in [3.63, 3.8) is 0 Å². The third-order valence-corrected chi connectivity index (χ3v) is 3.69. The number of carbonyl (C=O) groups excluding carboxylic acids is 1. The number of hydrogen-bond donors (Lipinski definition) is 2. The molecule has 0 saturated heterocycles. The molecule has 1 atom stereocenters. The topological polar surface area (TPSA) is 152 Å². The van der Waals surface area contributed by atoms with Gasteiger partial charge in [0.15, 0.2) is 11.9 Å². The molecular formula is C15H18N6O4. The van der Waals surface area contributed by atoms with Crippen LogP contribution in [0.15, 0.2) is 29.4 Å². The first-order valence-corrected chi connectivity index (χ1v) is 7.32. The third-order valence-electron chi connectivity index (χ3n) is 3.69. The van der Waals surface area contributed by atoms with Crippen LogP contribution in [-0.4, -0.2) is 26.5 Å². The fourth-order valence-corrected chi connectivity index (χ4v) is 2.20. The number of oxime groups is 1. The number of amidine groups is 1. The summed E-state index contributed by atoms with van der Waals surface area (Å²) in [6, 6.07) is 5.47. The molecule has 1 aromatic carbocycles. The van der Waals surface area contributed by atoms with Crippen LogP contribution in [0, 0.1) is 24.0 Å². The van der Waals surface area contributed by atoms with E-state index in [0.717, 1.165) is 0 Å². The third kappa shape index (κ3) is 3.74. The molecule has 132 valence electrons. The maximum Gasteiger partial charge on any atom is 0.390 e. The highest BCUT2D eigenvalue weighted by Crippen LogP contribution is 2.18. The average Bonchev–Trinajstić information content (AvgIpc) is 2.96. The number of rotatable bonds is 5. The molecule has 4 N–H and O–H groups in total. The van der Waals surface area contributed by atoms with Crippen molar-refractivity contribution in [2.45, 2.75) is 26.8 Å². The van der Waals surface area contributed by atoms with Gasteiger partial charge >= 0.3 is 11.8 Å². The smallest absolute Gasteiger partial charge is 0.390 e. The van der Waals surface area contributed by atoms with E-state index in [-0.39, 0.29) is 11.7 Å². The standard InChI is InChI=1S/C15H18N6O4/c1-8-7-13(21(23)24)18-20(8)10(3)15(22)25-19-14(17)11-5-4-6-12(16)9(11)2/h4-7,10H,16H2,1-3H3,(H2,17,19). The summed E-state index contributed by atoms with van der Waals surface area (Å²) in [5.41, 5.74) is 13.9. The Kier molecular flexibility index (Phi) is 5.01. The number of aromatic nitrogens is 2. The van der Waals surface area contributed by atoms with E-state index in [2.05, 4.69) is 10.3 Å². The van der Waals surface area contributed by atoms with Crippen LogP contribution in [0.3, 0.4) is 0 Å². The van der Waals surface area contributed by atoms with E-state index in [1.54, 1.807) is 32.0 Å². The maximum absolute atomic E-state index is 12.1. The maximum atomic E-state index is 12.1. The SMILES string of the molecule is Cc1c(N)cccc1/C(N)=N/OC(=O)C(C)n1nc([N+](=O)[O-])cc1C. The zero-order valence-electron chi connectivity index (χ0n) is 14.0. The number of nitrogens with zero attached hydrogens (tertiary/aromatic N) is 4. The molecular weight excluding hydrogens is 328 g/mol. The lowest BCUT2D eigenvalue weighted by Crippen LogP contribution is -2.22. The van der Waals surface area contributed by atoms with Crippen LogP contribution in [-0.2, 0) is 9.63 Å². The lowest BCUT2D eigenvalue weighted by Gasteiger charge is -2.09. The van der Waals surface area contributed by atoms with Crippen molar-refractivity contribution in [2.24, 2.45) is 10.9 Å². The van der Waals surface area contributed by atoms with Gasteiger partial charge in [0, 0.05) is 11.3 Å². The molecule has 0 saturated carbocycles. The minimum absolute atomic E-state index is 0.00600. The molecule has 2 rings (SSSR count). The van der Waals surface area contributed by atoms with Crippen LogP contribution in [0.4, 0.5) is 11.5 Å². The first-order valence-electron chi connectivity index (χ1n) is 7.32. The Labute approximate surface area is 143 Å². The molecule has 1 unspecified atom stereocenters. The average molecular weight is 346 g/mol. The Morgan fingerprint density at radius 1 is 1.44 bits per heavy atom. The molecule has 2 aromatic rings. The molecule has 25 heavy (non-hydrogen) atoms. The second-order valence-electron chi connectivity index (χ2n) is 5.43. The van der Waals surface area contributed by atoms with Crippen molar-refractivity contribution < 1.29 is 14.6 Å². The van der Waals surface area contributed by atoms with Crippen LogP contribution >= 0.6 is 0 Å². The van der Waals surface area contributed by atoms with Crippen LogP contribution in [0.2, 0.25) is 0 Å². The summed E-state index contributed by atoms with van der Waals surface area (Å²) in [5, 5.41) is 18.1. The van der Waals surface area contributed by atoms with Gasteiger partial charge in [-0.05, 0) is 37.3 Å². The monoisotopic (exact) mass is 346 g/mol. The molecule has 1 heterocycles. The van der Waals surface area contributed by atoms with Gasteiger partial charge in [0.25, 0.3) is 0 Å². The Bertz CT molecular complexity index is 858. The zero-order chi connectivity index (χ0) is 18.7. The van der Waals surface area contributed by atoms with Crippen molar-refractivity contribution in [2.75, 3.05) is 5.73 Å². The van der Waals surface area contributed by atoms with E-state index in [1.807, 2.05) is 0 Å². The van der Waals surface area contributed by atoms with Crippen molar-refractivity contribution >= 4 is 23.3 Å². The van der Waals surface area contributed by atoms with Crippen molar-refractivity contribution in [3.05, 3.63) is 51.2 Å². The lowest BCUT2D eigenvalue weighted by atomic mass is 10.1. The summed E-state index contributed by atoms with van der Waals surface area (Å²) in [7, 11) is 0. The van der Waals surface area contributed by atoms with Crippen LogP contribution in [0.1, 0.15) is 29.8 Å². The normalized spacial score (nSPS) is 12.7. The summed E-state index contributed by atoms with van der Waals surface area (Å²) in [6.45, 7) is 4.85. The van der Waals surface area contributed by atoms with Gasteiger partial charge in [0.2, 0.25) is 0 Å². The first-order chi connectivity index (χ1) is 11.7.